The Balaban J connectivity index is 2.21. The Morgan fingerprint density at radius 1 is 1.00 bits per heavy atom. The van der Waals surface area contributed by atoms with Gasteiger partial charge in [0.1, 0.15) is 16.5 Å². The SMILES string of the molecule is CCCc1ccc(C(=O)Oc2ccc(S(F)(F)(F)(F)F)c(F)c2)cc1. The van der Waals surface area contributed by atoms with Gasteiger partial charge in [-0.05, 0) is 36.2 Å². The van der Waals surface area contributed by atoms with Crippen LogP contribution in [-0.4, -0.2) is 5.97 Å². The van der Waals surface area contributed by atoms with Gasteiger partial charge in [-0.1, -0.05) is 44.9 Å². The molecule has 0 N–H and O–H groups in total. The van der Waals surface area contributed by atoms with Crippen molar-refractivity contribution >= 4 is 16.2 Å². The van der Waals surface area contributed by atoms with Crippen LogP contribution in [0.2, 0.25) is 0 Å². The minimum absolute atomic E-state index is 0.0945. The van der Waals surface area contributed by atoms with Gasteiger partial charge < -0.3 is 4.74 Å². The van der Waals surface area contributed by atoms with E-state index < -0.39 is 32.7 Å². The molecule has 0 aliphatic rings. The van der Waals surface area contributed by atoms with E-state index in [1.54, 1.807) is 12.1 Å². The minimum atomic E-state index is -10.1. The molecule has 0 radical (unpaired) electrons. The Morgan fingerprint density at radius 2 is 1.60 bits per heavy atom. The number of aryl methyl sites for hydroxylation is 1. The fraction of sp³-hybridized carbons (Fsp3) is 0.188. The van der Waals surface area contributed by atoms with Crippen molar-refractivity contribution in [3.05, 3.63) is 59.4 Å². The van der Waals surface area contributed by atoms with Crippen molar-refractivity contribution in [2.75, 3.05) is 0 Å². The van der Waals surface area contributed by atoms with Crippen molar-refractivity contribution in [3.63, 3.8) is 0 Å². The molecule has 0 heterocycles. The fourth-order valence-corrected chi connectivity index (χ4v) is 2.87. The molecule has 0 aromatic heterocycles. The van der Waals surface area contributed by atoms with Gasteiger partial charge in [0.15, 0.2) is 0 Å². The molecule has 0 unspecified atom stereocenters. The van der Waals surface area contributed by atoms with Gasteiger partial charge in [0.05, 0.1) is 5.56 Å². The summed E-state index contributed by atoms with van der Waals surface area (Å²) in [5.74, 6) is -3.75. The molecular weight excluding hydrogens is 370 g/mol. The van der Waals surface area contributed by atoms with E-state index in [4.69, 9.17) is 4.74 Å². The third-order valence-electron chi connectivity index (χ3n) is 3.26. The molecule has 0 spiro atoms. The molecular formula is C16H14F6O2S. The molecule has 0 atom stereocenters. The second-order valence-corrected chi connectivity index (χ2v) is 7.78. The van der Waals surface area contributed by atoms with E-state index in [1.165, 1.54) is 12.1 Å². The summed E-state index contributed by atoms with van der Waals surface area (Å²) in [6.45, 7) is 1.98. The maximum Gasteiger partial charge on any atom is 0.343 e. The van der Waals surface area contributed by atoms with Crippen LogP contribution in [0.1, 0.15) is 29.3 Å². The lowest BCUT2D eigenvalue weighted by atomic mass is 10.1. The van der Waals surface area contributed by atoms with E-state index in [-0.39, 0.29) is 17.7 Å². The molecule has 2 aromatic carbocycles. The first kappa shape index (κ1) is 19.2. The molecule has 9 heteroatoms. The summed E-state index contributed by atoms with van der Waals surface area (Å²) in [6, 6.07) is 6.70. The van der Waals surface area contributed by atoms with Crippen molar-refractivity contribution < 1.29 is 33.4 Å². The van der Waals surface area contributed by atoms with Crippen LogP contribution in [-0.2, 0) is 6.42 Å². The molecule has 0 amide bonds. The van der Waals surface area contributed by atoms with Crippen molar-refractivity contribution in [2.45, 2.75) is 24.7 Å². The molecule has 0 bridgehead atoms. The van der Waals surface area contributed by atoms with Gasteiger partial charge in [-0.25, -0.2) is 9.18 Å². The number of rotatable bonds is 5. The largest absolute Gasteiger partial charge is 0.423 e. The zero-order valence-corrected chi connectivity index (χ0v) is 13.8. The molecule has 0 aliphatic heterocycles. The molecule has 0 saturated carbocycles. The van der Waals surface area contributed by atoms with Gasteiger partial charge >= 0.3 is 16.2 Å². The monoisotopic (exact) mass is 384 g/mol. The number of benzene rings is 2. The third kappa shape index (κ3) is 4.91. The maximum absolute atomic E-state index is 13.5. The van der Waals surface area contributed by atoms with Crippen molar-refractivity contribution in [2.24, 2.45) is 0 Å². The first-order chi connectivity index (χ1) is 11.3. The van der Waals surface area contributed by atoms with E-state index in [0.29, 0.717) is 6.07 Å². The smallest absolute Gasteiger partial charge is 0.343 e. The lowest BCUT2D eigenvalue weighted by molar-refractivity contribution is 0.0734. The van der Waals surface area contributed by atoms with E-state index >= 15 is 0 Å². The molecule has 2 aromatic rings. The minimum Gasteiger partial charge on any atom is -0.423 e. The Labute approximate surface area is 140 Å². The van der Waals surface area contributed by atoms with E-state index in [2.05, 4.69) is 0 Å². The van der Waals surface area contributed by atoms with Crippen LogP contribution in [0.15, 0.2) is 47.4 Å². The Morgan fingerprint density at radius 3 is 2.08 bits per heavy atom. The van der Waals surface area contributed by atoms with Gasteiger partial charge in [0.2, 0.25) is 0 Å². The average molecular weight is 384 g/mol. The van der Waals surface area contributed by atoms with Gasteiger partial charge in [-0.2, -0.15) is 0 Å². The average Bonchev–Trinajstić information content (AvgIpc) is 2.45. The molecule has 0 saturated heterocycles. The lowest BCUT2D eigenvalue weighted by Gasteiger charge is -2.40. The highest BCUT2D eigenvalue weighted by atomic mass is 32.5. The predicted octanol–water partition coefficient (Wildman–Crippen LogP) is 6.65. The van der Waals surface area contributed by atoms with Crippen LogP contribution >= 0.6 is 10.2 Å². The van der Waals surface area contributed by atoms with Crippen molar-refractivity contribution in [1.29, 1.82) is 0 Å². The van der Waals surface area contributed by atoms with Crippen LogP contribution in [0.5, 0.6) is 5.75 Å². The number of hydrogen-bond donors (Lipinski definition) is 0. The normalized spacial score (nSPS) is 14.5. The van der Waals surface area contributed by atoms with E-state index in [9.17, 15) is 28.6 Å². The number of carbonyl (C=O) groups excluding carboxylic acids is 1. The summed E-state index contributed by atoms with van der Waals surface area (Å²) in [7, 11) is -10.1. The maximum atomic E-state index is 13.5. The molecule has 0 fully saturated rings. The Bertz CT molecular complexity index is 800. The lowest BCUT2D eigenvalue weighted by Crippen LogP contribution is -2.11. The topological polar surface area (TPSA) is 26.3 Å². The molecule has 25 heavy (non-hydrogen) atoms. The van der Waals surface area contributed by atoms with Crippen LogP contribution in [0.4, 0.5) is 23.8 Å². The first-order valence-electron chi connectivity index (χ1n) is 7.15. The second kappa shape index (κ2) is 5.69. The van der Waals surface area contributed by atoms with E-state index in [0.717, 1.165) is 18.4 Å². The quantitative estimate of drug-likeness (QED) is 0.328. The number of halogens is 6. The van der Waals surface area contributed by atoms with Crippen LogP contribution in [0.3, 0.4) is 0 Å². The Kier molecular flexibility index (Phi) is 4.36. The molecule has 2 rings (SSSR count). The van der Waals surface area contributed by atoms with Gasteiger partial charge in [-0.15, -0.1) is 0 Å². The highest BCUT2D eigenvalue weighted by molar-refractivity contribution is 8.45. The second-order valence-electron chi connectivity index (χ2n) is 5.40. The van der Waals surface area contributed by atoms with Gasteiger partial charge in [0.25, 0.3) is 0 Å². The van der Waals surface area contributed by atoms with E-state index in [1.807, 2.05) is 6.92 Å². The van der Waals surface area contributed by atoms with Gasteiger partial charge in [-0.3, -0.25) is 0 Å². The summed E-state index contributed by atoms with van der Waals surface area (Å²) < 4.78 is 81.3. The standard InChI is InChI=1S/C16H14F6O2S/c1-2-3-11-4-6-12(7-5-11)16(23)24-13-8-9-15(14(17)10-13)25(18,19,20,21)22/h4-10H,2-3H2,1H3. The van der Waals surface area contributed by atoms with Crippen molar-refractivity contribution in [1.82, 2.24) is 0 Å². The Hall–Kier alpha value is -2.16. The molecule has 2 nitrogen and oxygen atoms in total. The first-order valence-corrected chi connectivity index (χ1v) is 9.10. The highest BCUT2D eigenvalue weighted by Crippen LogP contribution is 3.02. The summed E-state index contributed by atoms with van der Waals surface area (Å²) in [4.78, 5) is 9.25. The number of esters is 1. The molecule has 0 aliphatic carbocycles. The summed E-state index contributed by atoms with van der Waals surface area (Å²) >= 11 is 0. The highest BCUT2D eigenvalue weighted by Gasteiger charge is 2.67. The summed E-state index contributed by atoms with van der Waals surface area (Å²) in [6.07, 6.45) is 1.71. The zero-order valence-electron chi connectivity index (χ0n) is 12.9. The predicted molar refractivity (Wildman–Crippen MR) is 83.2 cm³/mol. The van der Waals surface area contributed by atoms with Crippen LogP contribution in [0.25, 0.3) is 0 Å². The molecule has 138 valence electrons. The van der Waals surface area contributed by atoms with Crippen LogP contribution < -0.4 is 4.74 Å². The number of hydrogen-bond acceptors (Lipinski definition) is 2. The number of ether oxygens (including phenoxy) is 1. The summed E-state index contributed by atoms with van der Waals surface area (Å²) in [5, 5.41) is 0. The fourth-order valence-electron chi connectivity index (χ4n) is 2.12. The zero-order chi connectivity index (χ0) is 18.9. The third-order valence-corrected chi connectivity index (χ3v) is 4.42. The van der Waals surface area contributed by atoms with Crippen molar-refractivity contribution in [3.8, 4) is 5.75 Å². The summed E-state index contributed by atoms with van der Waals surface area (Å²) in [5.41, 5.74) is 1.07. The number of carbonyl (C=O) groups is 1. The van der Waals surface area contributed by atoms with Crippen LogP contribution in [0, 0.1) is 5.82 Å². The van der Waals surface area contributed by atoms with Gasteiger partial charge in [0, 0.05) is 6.07 Å².